The standard InChI is InChI=1S/C14H18N2O/c17-14(13-3-1-2-7-15-13)11-4-5-12-10(9-11)6-8-16-12/h4-6,8-9,13-17H,1-3,7H2. The van der Waals surface area contributed by atoms with Gasteiger partial charge in [0.15, 0.2) is 0 Å². The molecule has 0 amide bonds. The van der Waals surface area contributed by atoms with Gasteiger partial charge in [-0.3, -0.25) is 0 Å². The third kappa shape index (κ3) is 2.08. The van der Waals surface area contributed by atoms with Gasteiger partial charge in [0.1, 0.15) is 0 Å². The van der Waals surface area contributed by atoms with Gasteiger partial charge in [0.25, 0.3) is 0 Å². The Kier molecular flexibility index (Phi) is 2.87. The first-order valence-corrected chi connectivity index (χ1v) is 6.33. The molecule has 1 aromatic heterocycles. The van der Waals surface area contributed by atoms with Crippen molar-refractivity contribution >= 4 is 10.9 Å². The summed E-state index contributed by atoms with van der Waals surface area (Å²) in [6, 6.07) is 8.38. The molecular formula is C14H18N2O. The lowest BCUT2D eigenvalue weighted by Gasteiger charge is -2.28. The highest BCUT2D eigenvalue weighted by Gasteiger charge is 2.22. The Labute approximate surface area is 101 Å². The van der Waals surface area contributed by atoms with Crippen LogP contribution in [0.3, 0.4) is 0 Å². The molecule has 1 aliphatic rings. The zero-order valence-corrected chi connectivity index (χ0v) is 9.82. The summed E-state index contributed by atoms with van der Waals surface area (Å²) in [6.07, 6.45) is 5.03. The van der Waals surface area contributed by atoms with E-state index in [0.29, 0.717) is 0 Å². The molecule has 0 bridgehead atoms. The van der Waals surface area contributed by atoms with Gasteiger partial charge in [-0.2, -0.15) is 0 Å². The van der Waals surface area contributed by atoms with Gasteiger partial charge < -0.3 is 15.4 Å². The molecule has 1 saturated heterocycles. The summed E-state index contributed by atoms with van der Waals surface area (Å²) >= 11 is 0. The minimum atomic E-state index is -0.394. The third-order valence-corrected chi connectivity index (χ3v) is 3.65. The largest absolute Gasteiger partial charge is 0.387 e. The van der Waals surface area contributed by atoms with Gasteiger partial charge in [-0.1, -0.05) is 12.5 Å². The summed E-state index contributed by atoms with van der Waals surface area (Å²) in [5, 5.41) is 14.9. The second-order valence-electron chi connectivity index (χ2n) is 4.83. The normalized spacial score (nSPS) is 22.8. The molecule has 90 valence electrons. The number of fused-ring (bicyclic) bond motifs is 1. The number of piperidine rings is 1. The molecule has 2 atom stereocenters. The number of aromatic nitrogens is 1. The molecule has 2 heterocycles. The van der Waals surface area contributed by atoms with Crippen LogP contribution in [0.5, 0.6) is 0 Å². The number of nitrogens with one attached hydrogen (secondary N) is 2. The van der Waals surface area contributed by atoms with E-state index in [-0.39, 0.29) is 6.04 Å². The average molecular weight is 230 g/mol. The Balaban J connectivity index is 1.86. The highest BCUT2D eigenvalue weighted by molar-refractivity contribution is 5.80. The lowest BCUT2D eigenvalue weighted by molar-refractivity contribution is 0.114. The molecule has 1 aliphatic heterocycles. The number of aliphatic hydroxyl groups excluding tert-OH is 1. The molecule has 2 aromatic rings. The van der Waals surface area contributed by atoms with E-state index in [1.165, 1.54) is 12.8 Å². The minimum absolute atomic E-state index is 0.208. The van der Waals surface area contributed by atoms with Crippen molar-refractivity contribution in [2.75, 3.05) is 6.54 Å². The van der Waals surface area contributed by atoms with Crippen LogP contribution in [0.15, 0.2) is 30.5 Å². The Morgan fingerprint density at radius 2 is 2.18 bits per heavy atom. The molecule has 0 radical (unpaired) electrons. The van der Waals surface area contributed by atoms with Crippen LogP contribution >= 0.6 is 0 Å². The first-order valence-electron chi connectivity index (χ1n) is 6.33. The van der Waals surface area contributed by atoms with E-state index in [0.717, 1.165) is 29.4 Å². The highest BCUT2D eigenvalue weighted by Crippen LogP contribution is 2.25. The number of benzene rings is 1. The van der Waals surface area contributed by atoms with E-state index in [2.05, 4.69) is 16.4 Å². The van der Waals surface area contributed by atoms with Crippen LogP contribution in [0.1, 0.15) is 30.9 Å². The van der Waals surface area contributed by atoms with Crippen LogP contribution in [0, 0.1) is 0 Å². The number of H-pyrrole nitrogens is 1. The number of hydrogen-bond donors (Lipinski definition) is 3. The Morgan fingerprint density at radius 3 is 3.00 bits per heavy atom. The number of rotatable bonds is 2. The molecule has 1 aromatic carbocycles. The second-order valence-corrected chi connectivity index (χ2v) is 4.83. The van der Waals surface area contributed by atoms with Gasteiger partial charge in [0.05, 0.1) is 6.10 Å². The zero-order valence-electron chi connectivity index (χ0n) is 9.82. The summed E-state index contributed by atoms with van der Waals surface area (Å²) in [6.45, 7) is 1.02. The van der Waals surface area contributed by atoms with Crippen molar-refractivity contribution in [2.24, 2.45) is 0 Å². The lowest BCUT2D eigenvalue weighted by Crippen LogP contribution is -2.38. The number of aliphatic hydroxyl groups is 1. The highest BCUT2D eigenvalue weighted by atomic mass is 16.3. The number of aromatic amines is 1. The molecular weight excluding hydrogens is 212 g/mol. The van der Waals surface area contributed by atoms with Gasteiger partial charge in [0, 0.05) is 17.8 Å². The Morgan fingerprint density at radius 1 is 1.24 bits per heavy atom. The van der Waals surface area contributed by atoms with Gasteiger partial charge in [0.2, 0.25) is 0 Å². The second kappa shape index (κ2) is 4.51. The van der Waals surface area contributed by atoms with Gasteiger partial charge in [-0.05, 0) is 48.5 Å². The molecule has 0 saturated carbocycles. The fraction of sp³-hybridized carbons (Fsp3) is 0.429. The summed E-state index contributed by atoms with van der Waals surface area (Å²) in [4.78, 5) is 3.17. The molecule has 0 spiro atoms. The van der Waals surface area contributed by atoms with Crippen molar-refractivity contribution in [2.45, 2.75) is 31.4 Å². The Bertz CT molecular complexity index is 500. The van der Waals surface area contributed by atoms with E-state index in [1.54, 1.807) is 0 Å². The molecule has 3 heteroatoms. The third-order valence-electron chi connectivity index (χ3n) is 3.65. The Hall–Kier alpha value is -1.32. The van der Waals surface area contributed by atoms with Gasteiger partial charge in [-0.25, -0.2) is 0 Å². The summed E-state index contributed by atoms with van der Waals surface area (Å²) in [5.41, 5.74) is 2.13. The maximum absolute atomic E-state index is 10.4. The molecule has 1 fully saturated rings. The van der Waals surface area contributed by atoms with E-state index in [1.807, 2.05) is 24.4 Å². The van der Waals surface area contributed by atoms with E-state index < -0.39 is 6.10 Å². The van der Waals surface area contributed by atoms with E-state index in [4.69, 9.17) is 0 Å². The molecule has 2 unspecified atom stereocenters. The fourth-order valence-corrected chi connectivity index (χ4v) is 2.64. The summed E-state index contributed by atoms with van der Waals surface area (Å²) in [7, 11) is 0. The van der Waals surface area contributed by atoms with Crippen LogP contribution in [-0.2, 0) is 0 Å². The van der Waals surface area contributed by atoms with Crippen LogP contribution in [-0.4, -0.2) is 22.7 Å². The monoisotopic (exact) mass is 230 g/mol. The molecule has 17 heavy (non-hydrogen) atoms. The van der Waals surface area contributed by atoms with Crippen molar-refractivity contribution in [3.05, 3.63) is 36.0 Å². The van der Waals surface area contributed by atoms with Gasteiger partial charge in [-0.15, -0.1) is 0 Å². The predicted molar refractivity (Wildman–Crippen MR) is 68.9 cm³/mol. The van der Waals surface area contributed by atoms with Crippen LogP contribution in [0.2, 0.25) is 0 Å². The van der Waals surface area contributed by atoms with Crippen molar-refractivity contribution in [1.29, 1.82) is 0 Å². The fourth-order valence-electron chi connectivity index (χ4n) is 2.64. The number of hydrogen-bond acceptors (Lipinski definition) is 2. The zero-order chi connectivity index (χ0) is 11.7. The van der Waals surface area contributed by atoms with Crippen molar-refractivity contribution < 1.29 is 5.11 Å². The van der Waals surface area contributed by atoms with Crippen LogP contribution in [0.4, 0.5) is 0 Å². The molecule has 3 N–H and O–H groups in total. The van der Waals surface area contributed by atoms with Crippen LogP contribution in [0.25, 0.3) is 10.9 Å². The maximum atomic E-state index is 10.4. The van der Waals surface area contributed by atoms with E-state index in [9.17, 15) is 5.11 Å². The minimum Gasteiger partial charge on any atom is -0.387 e. The van der Waals surface area contributed by atoms with Crippen LogP contribution < -0.4 is 5.32 Å². The van der Waals surface area contributed by atoms with Crippen molar-refractivity contribution in [3.63, 3.8) is 0 Å². The maximum Gasteiger partial charge on any atom is 0.0943 e. The summed E-state index contributed by atoms with van der Waals surface area (Å²) < 4.78 is 0. The molecule has 3 nitrogen and oxygen atoms in total. The average Bonchev–Trinajstić information content (AvgIpc) is 2.86. The summed E-state index contributed by atoms with van der Waals surface area (Å²) in [5.74, 6) is 0. The van der Waals surface area contributed by atoms with Crippen molar-refractivity contribution in [1.82, 2.24) is 10.3 Å². The van der Waals surface area contributed by atoms with E-state index >= 15 is 0 Å². The predicted octanol–water partition coefficient (Wildman–Crippen LogP) is 2.34. The first kappa shape index (κ1) is 10.8. The SMILES string of the molecule is OC(c1ccc2[nH]ccc2c1)C1CCCCN1. The lowest BCUT2D eigenvalue weighted by atomic mass is 9.94. The first-order chi connectivity index (χ1) is 8.34. The smallest absolute Gasteiger partial charge is 0.0943 e. The van der Waals surface area contributed by atoms with Gasteiger partial charge >= 0.3 is 0 Å². The molecule has 3 rings (SSSR count). The quantitative estimate of drug-likeness (QED) is 0.741. The topological polar surface area (TPSA) is 48.0 Å². The molecule has 0 aliphatic carbocycles. The van der Waals surface area contributed by atoms with Crippen molar-refractivity contribution in [3.8, 4) is 0 Å².